The van der Waals surface area contributed by atoms with Gasteiger partial charge in [0.25, 0.3) is 0 Å². The molecule has 1 aromatic carbocycles. The maximum atomic E-state index is 11.0. The monoisotopic (exact) mass is 236 g/mol. The lowest BCUT2D eigenvalue weighted by molar-refractivity contribution is -0.132. The van der Waals surface area contributed by atoms with Crippen LogP contribution in [0.5, 0.6) is 17.2 Å². The van der Waals surface area contributed by atoms with Crippen molar-refractivity contribution >= 4 is 12.0 Å². The second-order valence-electron chi connectivity index (χ2n) is 3.35. The zero-order valence-corrected chi connectivity index (χ0v) is 10.4. The van der Waals surface area contributed by atoms with Crippen LogP contribution < -0.4 is 14.2 Å². The Bertz CT molecular complexity index is 410. The minimum Gasteiger partial charge on any atom is -0.493 e. The molecule has 0 saturated heterocycles. The SMILES string of the molecule is CC=Cc1cc(OC)c(OC(C)=O)c(OC)c1. The summed E-state index contributed by atoms with van der Waals surface area (Å²) in [4.78, 5) is 11.0. The van der Waals surface area contributed by atoms with Crippen LogP contribution in [0.1, 0.15) is 19.4 Å². The zero-order valence-electron chi connectivity index (χ0n) is 10.4. The fraction of sp³-hybridized carbons (Fsp3) is 0.308. The second-order valence-corrected chi connectivity index (χ2v) is 3.35. The van der Waals surface area contributed by atoms with Crippen molar-refractivity contribution in [3.8, 4) is 17.2 Å². The summed E-state index contributed by atoms with van der Waals surface area (Å²) in [6, 6.07) is 3.56. The Labute approximate surface area is 101 Å². The van der Waals surface area contributed by atoms with Crippen LogP contribution in [0.25, 0.3) is 6.08 Å². The molecule has 0 aliphatic rings. The van der Waals surface area contributed by atoms with E-state index in [2.05, 4.69) is 0 Å². The average molecular weight is 236 g/mol. The predicted octanol–water partition coefficient (Wildman–Crippen LogP) is 2.66. The standard InChI is InChI=1S/C13H16O4/c1-5-6-10-7-11(15-3)13(17-9(2)14)12(8-10)16-4/h5-8H,1-4H3. The third-order valence-electron chi connectivity index (χ3n) is 2.09. The summed E-state index contributed by atoms with van der Waals surface area (Å²) in [5.41, 5.74) is 0.914. The lowest BCUT2D eigenvalue weighted by Gasteiger charge is -2.13. The molecule has 0 N–H and O–H groups in total. The summed E-state index contributed by atoms with van der Waals surface area (Å²) in [7, 11) is 3.03. The van der Waals surface area contributed by atoms with Gasteiger partial charge in [-0.1, -0.05) is 12.2 Å². The minimum absolute atomic E-state index is 0.302. The highest BCUT2D eigenvalue weighted by Gasteiger charge is 2.15. The van der Waals surface area contributed by atoms with Gasteiger partial charge < -0.3 is 14.2 Å². The molecule has 0 unspecified atom stereocenters. The molecule has 17 heavy (non-hydrogen) atoms. The Kier molecular flexibility index (Phi) is 4.57. The first kappa shape index (κ1) is 13.1. The minimum atomic E-state index is -0.416. The van der Waals surface area contributed by atoms with Crippen molar-refractivity contribution < 1.29 is 19.0 Å². The Balaban J connectivity index is 3.30. The summed E-state index contributed by atoms with van der Waals surface area (Å²) in [5, 5.41) is 0. The topological polar surface area (TPSA) is 44.8 Å². The number of carbonyl (C=O) groups is 1. The van der Waals surface area contributed by atoms with Crippen LogP contribution >= 0.6 is 0 Å². The van der Waals surface area contributed by atoms with Crippen LogP contribution in [0, 0.1) is 0 Å². The molecule has 0 fully saturated rings. The Hall–Kier alpha value is -1.97. The maximum Gasteiger partial charge on any atom is 0.308 e. The molecule has 0 atom stereocenters. The highest BCUT2D eigenvalue weighted by Crippen LogP contribution is 2.38. The van der Waals surface area contributed by atoms with Crippen molar-refractivity contribution in [2.24, 2.45) is 0 Å². The third-order valence-corrected chi connectivity index (χ3v) is 2.09. The van der Waals surface area contributed by atoms with Crippen molar-refractivity contribution in [1.29, 1.82) is 0 Å². The number of hydrogen-bond acceptors (Lipinski definition) is 4. The molecule has 4 heteroatoms. The lowest BCUT2D eigenvalue weighted by atomic mass is 10.1. The number of methoxy groups -OCH3 is 2. The van der Waals surface area contributed by atoms with Gasteiger partial charge in [-0.05, 0) is 24.6 Å². The molecule has 1 rings (SSSR count). The van der Waals surface area contributed by atoms with Crippen molar-refractivity contribution in [2.45, 2.75) is 13.8 Å². The zero-order chi connectivity index (χ0) is 12.8. The van der Waals surface area contributed by atoms with E-state index in [9.17, 15) is 4.79 Å². The van der Waals surface area contributed by atoms with E-state index in [-0.39, 0.29) is 0 Å². The summed E-state index contributed by atoms with van der Waals surface area (Å²) in [5.74, 6) is 0.816. The number of hydrogen-bond donors (Lipinski definition) is 0. The summed E-state index contributed by atoms with van der Waals surface area (Å²) in [6.45, 7) is 3.25. The highest BCUT2D eigenvalue weighted by atomic mass is 16.6. The fourth-order valence-corrected chi connectivity index (χ4v) is 1.43. The normalized spacial score (nSPS) is 10.4. The second kappa shape index (κ2) is 5.94. The van der Waals surface area contributed by atoms with Crippen LogP contribution in [0.2, 0.25) is 0 Å². The van der Waals surface area contributed by atoms with E-state index in [0.29, 0.717) is 17.2 Å². The molecule has 1 aromatic rings. The van der Waals surface area contributed by atoms with Gasteiger partial charge in [-0.2, -0.15) is 0 Å². The van der Waals surface area contributed by atoms with Gasteiger partial charge >= 0.3 is 5.97 Å². The summed E-state index contributed by atoms with van der Waals surface area (Å²) < 4.78 is 15.4. The van der Waals surface area contributed by atoms with E-state index in [0.717, 1.165) is 5.56 Å². The van der Waals surface area contributed by atoms with Gasteiger partial charge in [0.15, 0.2) is 11.5 Å². The summed E-state index contributed by atoms with van der Waals surface area (Å²) >= 11 is 0. The Morgan fingerprint density at radius 2 is 1.71 bits per heavy atom. The van der Waals surface area contributed by atoms with Gasteiger partial charge in [0.2, 0.25) is 5.75 Å². The van der Waals surface area contributed by atoms with E-state index in [1.165, 1.54) is 21.1 Å². The Morgan fingerprint density at radius 1 is 1.18 bits per heavy atom. The van der Waals surface area contributed by atoms with Crippen LogP contribution in [0.15, 0.2) is 18.2 Å². The summed E-state index contributed by atoms with van der Waals surface area (Å²) in [6.07, 6.45) is 3.81. The van der Waals surface area contributed by atoms with E-state index >= 15 is 0 Å². The number of ether oxygens (including phenoxy) is 3. The van der Waals surface area contributed by atoms with E-state index < -0.39 is 5.97 Å². The lowest BCUT2D eigenvalue weighted by Crippen LogP contribution is -2.05. The number of benzene rings is 1. The van der Waals surface area contributed by atoms with Crippen LogP contribution in [0.4, 0.5) is 0 Å². The van der Waals surface area contributed by atoms with Crippen molar-refractivity contribution in [3.63, 3.8) is 0 Å². The van der Waals surface area contributed by atoms with Gasteiger partial charge in [-0.15, -0.1) is 0 Å². The predicted molar refractivity (Wildman–Crippen MR) is 65.6 cm³/mol. The molecule has 0 spiro atoms. The van der Waals surface area contributed by atoms with Crippen LogP contribution in [-0.4, -0.2) is 20.2 Å². The molecule has 0 heterocycles. The van der Waals surface area contributed by atoms with Crippen molar-refractivity contribution in [2.75, 3.05) is 14.2 Å². The molecule has 0 aliphatic carbocycles. The van der Waals surface area contributed by atoms with Gasteiger partial charge in [-0.3, -0.25) is 4.79 Å². The molecular weight excluding hydrogens is 220 g/mol. The molecule has 0 aromatic heterocycles. The number of rotatable bonds is 4. The van der Waals surface area contributed by atoms with Gasteiger partial charge in [0, 0.05) is 6.92 Å². The van der Waals surface area contributed by atoms with Crippen molar-refractivity contribution in [1.82, 2.24) is 0 Å². The van der Waals surface area contributed by atoms with E-state index in [1.807, 2.05) is 19.1 Å². The number of allylic oxidation sites excluding steroid dienone is 1. The highest BCUT2D eigenvalue weighted by molar-refractivity contribution is 5.73. The molecule has 4 nitrogen and oxygen atoms in total. The number of carbonyl (C=O) groups excluding carboxylic acids is 1. The third kappa shape index (κ3) is 3.24. The maximum absolute atomic E-state index is 11.0. The Morgan fingerprint density at radius 3 is 2.06 bits per heavy atom. The quantitative estimate of drug-likeness (QED) is 0.595. The first-order chi connectivity index (χ1) is 8.12. The first-order valence-corrected chi connectivity index (χ1v) is 5.19. The molecule has 92 valence electrons. The smallest absolute Gasteiger partial charge is 0.308 e. The fourth-order valence-electron chi connectivity index (χ4n) is 1.43. The molecule has 0 amide bonds. The number of esters is 1. The molecule has 0 bridgehead atoms. The van der Waals surface area contributed by atoms with Gasteiger partial charge in [0.1, 0.15) is 0 Å². The molecule has 0 saturated carbocycles. The molecular formula is C13H16O4. The van der Waals surface area contributed by atoms with E-state index in [1.54, 1.807) is 12.1 Å². The molecule has 0 aliphatic heterocycles. The molecule has 0 radical (unpaired) electrons. The van der Waals surface area contributed by atoms with Crippen LogP contribution in [-0.2, 0) is 4.79 Å². The van der Waals surface area contributed by atoms with Crippen molar-refractivity contribution in [3.05, 3.63) is 23.8 Å². The van der Waals surface area contributed by atoms with Gasteiger partial charge in [-0.25, -0.2) is 0 Å². The first-order valence-electron chi connectivity index (χ1n) is 5.19. The average Bonchev–Trinajstić information content (AvgIpc) is 2.30. The van der Waals surface area contributed by atoms with Crippen LogP contribution in [0.3, 0.4) is 0 Å². The van der Waals surface area contributed by atoms with E-state index in [4.69, 9.17) is 14.2 Å². The largest absolute Gasteiger partial charge is 0.493 e. The van der Waals surface area contributed by atoms with Gasteiger partial charge in [0.05, 0.1) is 14.2 Å².